The number of benzene rings is 2. The van der Waals surface area contributed by atoms with Crippen LogP contribution in [-0.2, 0) is 6.18 Å². The van der Waals surface area contributed by atoms with E-state index in [1.54, 1.807) is 41.6 Å². The normalized spacial score (nSPS) is 15.2. The molecule has 12 heteroatoms. The van der Waals surface area contributed by atoms with E-state index in [1.807, 2.05) is 6.07 Å². The minimum absolute atomic E-state index is 0.0453. The summed E-state index contributed by atoms with van der Waals surface area (Å²) in [6.07, 6.45) is -0.688. The molecule has 2 aromatic carbocycles. The van der Waals surface area contributed by atoms with Crippen molar-refractivity contribution in [3.05, 3.63) is 107 Å². The van der Waals surface area contributed by atoms with Gasteiger partial charge in [0.15, 0.2) is 6.17 Å². The lowest BCUT2D eigenvalue weighted by Gasteiger charge is -2.33. The molecule has 0 aliphatic carbocycles. The van der Waals surface area contributed by atoms with Gasteiger partial charge in [-0.2, -0.15) is 13.2 Å². The number of rotatable bonds is 4. The Labute approximate surface area is 206 Å². The van der Waals surface area contributed by atoms with E-state index in [0.29, 0.717) is 50.9 Å². The number of amides is 2. The number of furan rings is 1. The minimum Gasteiger partial charge on any atom is -0.446 e. The fourth-order valence-electron chi connectivity index (χ4n) is 4.07. The largest absolute Gasteiger partial charge is 0.446 e. The summed E-state index contributed by atoms with van der Waals surface area (Å²) in [6, 6.07) is 11.8. The quantitative estimate of drug-likeness (QED) is 0.404. The summed E-state index contributed by atoms with van der Waals surface area (Å²) >= 11 is 0. The van der Waals surface area contributed by atoms with Gasteiger partial charge in [-0.25, -0.2) is 14.2 Å². The number of pyridine rings is 1. The van der Waals surface area contributed by atoms with Gasteiger partial charge in [0.05, 0.1) is 28.4 Å². The number of anilines is 3. The van der Waals surface area contributed by atoms with Crippen molar-refractivity contribution in [2.24, 2.45) is 16.5 Å². The molecule has 0 radical (unpaired) electrons. The number of fused-ring (bicyclic) bond motifs is 1. The van der Waals surface area contributed by atoms with E-state index in [1.165, 1.54) is 18.4 Å². The van der Waals surface area contributed by atoms with Crippen LogP contribution in [0.4, 0.5) is 39.4 Å². The van der Waals surface area contributed by atoms with E-state index in [4.69, 9.17) is 15.9 Å². The summed E-state index contributed by atoms with van der Waals surface area (Å²) in [6.45, 7) is 0. The first-order valence-corrected chi connectivity index (χ1v) is 10.8. The first kappa shape index (κ1) is 23.9. The lowest BCUT2D eigenvalue weighted by Crippen LogP contribution is -2.43. The van der Waals surface area contributed by atoms with Crippen LogP contribution in [0.5, 0.6) is 0 Å². The second-order valence-electron chi connectivity index (χ2n) is 8.04. The second-order valence-corrected chi connectivity index (χ2v) is 8.04. The van der Waals surface area contributed by atoms with E-state index in [2.05, 4.69) is 9.98 Å². The number of nitrogens with two attached hydrogens (primary N) is 2. The van der Waals surface area contributed by atoms with Crippen molar-refractivity contribution < 1.29 is 26.8 Å². The highest BCUT2D eigenvalue weighted by Gasteiger charge is 2.33. The van der Waals surface area contributed by atoms with Gasteiger partial charge in [-0.05, 0) is 54.6 Å². The molecule has 0 spiro atoms. The fraction of sp³-hybridized carbons (Fsp3) is 0.0800. The molecule has 188 valence electrons. The topological polar surface area (TPSA) is 114 Å². The number of urea groups is 1. The molecule has 5 rings (SSSR count). The highest BCUT2D eigenvalue weighted by atomic mass is 19.4. The van der Waals surface area contributed by atoms with E-state index in [9.17, 15) is 22.4 Å². The van der Waals surface area contributed by atoms with E-state index >= 15 is 0 Å². The van der Waals surface area contributed by atoms with Gasteiger partial charge in [0, 0.05) is 23.6 Å². The van der Waals surface area contributed by atoms with Crippen LogP contribution >= 0.6 is 0 Å². The average molecular weight is 510 g/mol. The summed E-state index contributed by atoms with van der Waals surface area (Å²) in [5, 5.41) is 0.564. The van der Waals surface area contributed by atoms with E-state index < -0.39 is 35.4 Å². The maximum atomic E-state index is 14.6. The predicted molar refractivity (Wildman–Crippen MR) is 126 cm³/mol. The molecule has 4 aromatic rings. The Morgan fingerprint density at radius 3 is 2.49 bits per heavy atom. The number of hydrogen-bond acceptors (Lipinski definition) is 6. The Morgan fingerprint density at radius 1 is 1.08 bits per heavy atom. The van der Waals surface area contributed by atoms with Crippen molar-refractivity contribution in [1.82, 2.24) is 4.98 Å². The fourth-order valence-corrected chi connectivity index (χ4v) is 4.07. The van der Waals surface area contributed by atoms with Crippen molar-refractivity contribution in [2.75, 3.05) is 9.80 Å². The molecule has 0 saturated carbocycles. The van der Waals surface area contributed by atoms with Gasteiger partial charge in [-0.3, -0.25) is 9.88 Å². The SMILES string of the molecule is NC(=O)N(c1ccc(N2C(N)=c3ccoc3=NC2c2cccnc2)cc1)c1cc(C(F)(F)F)ccc1F. The van der Waals surface area contributed by atoms with Crippen LogP contribution in [0.2, 0.25) is 0 Å². The van der Waals surface area contributed by atoms with Crippen LogP contribution in [-0.4, -0.2) is 11.0 Å². The van der Waals surface area contributed by atoms with Gasteiger partial charge in [0.2, 0.25) is 5.55 Å². The predicted octanol–water partition coefficient (Wildman–Crippen LogP) is 3.91. The third kappa shape index (κ3) is 4.33. The second kappa shape index (κ2) is 8.97. The highest BCUT2D eigenvalue weighted by Crippen LogP contribution is 2.37. The van der Waals surface area contributed by atoms with Crippen molar-refractivity contribution in [2.45, 2.75) is 12.3 Å². The summed E-state index contributed by atoms with van der Waals surface area (Å²) in [7, 11) is 0. The smallest absolute Gasteiger partial charge is 0.416 e. The van der Waals surface area contributed by atoms with Gasteiger partial charge in [0.25, 0.3) is 0 Å². The molecular formula is C25H18F4N6O2. The lowest BCUT2D eigenvalue weighted by molar-refractivity contribution is -0.137. The van der Waals surface area contributed by atoms with Crippen LogP contribution in [0.3, 0.4) is 0 Å². The average Bonchev–Trinajstić information content (AvgIpc) is 3.35. The Hall–Kier alpha value is -4.87. The summed E-state index contributed by atoms with van der Waals surface area (Å²) in [5.74, 6) is -0.719. The van der Waals surface area contributed by atoms with Crippen molar-refractivity contribution in [3.63, 3.8) is 0 Å². The summed E-state index contributed by atoms with van der Waals surface area (Å²) < 4.78 is 59.7. The summed E-state index contributed by atoms with van der Waals surface area (Å²) in [4.78, 5) is 23.4. The molecule has 1 aliphatic rings. The van der Waals surface area contributed by atoms with E-state index in [0.717, 1.165) is 0 Å². The van der Waals surface area contributed by atoms with Gasteiger partial charge in [-0.1, -0.05) is 6.07 Å². The van der Waals surface area contributed by atoms with Crippen LogP contribution in [0.1, 0.15) is 17.3 Å². The van der Waals surface area contributed by atoms with Crippen molar-refractivity contribution in [3.8, 4) is 0 Å². The molecule has 1 unspecified atom stereocenters. The number of primary amides is 1. The minimum atomic E-state index is -4.74. The lowest BCUT2D eigenvalue weighted by atomic mass is 10.1. The molecule has 2 aromatic heterocycles. The maximum absolute atomic E-state index is 14.6. The molecule has 0 bridgehead atoms. The Bertz CT molecular complexity index is 1590. The third-order valence-electron chi connectivity index (χ3n) is 5.77. The van der Waals surface area contributed by atoms with Crippen LogP contribution in [0.15, 0.2) is 88.7 Å². The number of hydrogen-bond donors (Lipinski definition) is 2. The number of aromatic nitrogens is 1. The van der Waals surface area contributed by atoms with Crippen LogP contribution in [0, 0.1) is 5.82 Å². The van der Waals surface area contributed by atoms with E-state index in [-0.39, 0.29) is 5.69 Å². The maximum Gasteiger partial charge on any atom is 0.416 e. The molecule has 1 aliphatic heterocycles. The number of nitrogens with zero attached hydrogens (tertiary/aromatic N) is 4. The number of alkyl halides is 3. The Morgan fingerprint density at radius 2 is 1.84 bits per heavy atom. The molecule has 3 heterocycles. The van der Waals surface area contributed by atoms with Gasteiger partial charge in [0.1, 0.15) is 11.6 Å². The molecule has 1 atom stereocenters. The van der Waals surface area contributed by atoms with Gasteiger partial charge < -0.3 is 20.8 Å². The van der Waals surface area contributed by atoms with Crippen molar-refractivity contribution >= 4 is 28.9 Å². The molecule has 2 amide bonds. The monoisotopic (exact) mass is 510 g/mol. The van der Waals surface area contributed by atoms with Gasteiger partial charge in [-0.15, -0.1) is 0 Å². The van der Waals surface area contributed by atoms with Crippen molar-refractivity contribution in [1.29, 1.82) is 0 Å². The highest BCUT2D eigenvalue weighted by molar-refractivity contribution is 5.98. The standard InChI is InChI=1S/C25H18F4N6O2/c26-19-8-3-15(25(27,28)29)12-20(19)34(24(31)36)16-4-6-17(7-5-16)35-21(30)18-9-11-37-23(18)33-22(35)14-2-1-10-32-13-14/h1-13,22H,30H2,(H2,31,36). The molecular weight excluding hydrogens is 492 g/mol. The number of carbonyl (C=O) groups is 1. The summed E-state index contributed by atoms with van der Waals surface area (Å²) in [5.41, 5.74) is 11.8. The zero-order valence-electron chi connectivity index (χ0n) is 18.9. The molecule has 0 saturated heterocycles. The molecule has 0 fully saturated rings. The molecule has 37 heavy (non-hydrogen) atoms. The Kier molecular flexibility index (Phi) is 5.78. The molecule has 4 N–H and O–H groups in total. The van der Waals surface area contributed by atoms with Crippen LogP contribution in [0.25, 0.3) is 5.82 Å². The third-order valence-corrected chi connectivity index (χ3v) is 5.77. The molecule has 8 nitrogen and oxygen atoms in total. The van der Waals surface area contributed by atoms with Gasteiger partial charge >= 0.3 is 12.2 Å². The number of carbonyl (C=O) groups excluding carboxylic acids is 1. The number of halogens is 4. The zero-order valence-corrected chi connectivity index (χ0v) is 18.9. The van der Waals surface area contributed by atoms with Crippen LogP contribution < -0.4 is 32.0 Å². The first-order valence-electron chi connectivity index (χ1n) is 10.8. The Balaban J connectivity index is 1.58. The zero-order chi connectivity index (χ0) is 26.3. The first-order chi connectivity index (χ1) is 17.6.